The van der Waals surface area contributed by atoms with Gasteiger partial charge in [0.15, 0.2) is 17.5 Å². The summed E-state index contributed by atoms with van der Waals surface area (Å²) in [6, 6.07) is 58.6. The second kappa shape index (κ2) is 14.1. The van der Waals surface area contributed by atoms with Crippen LogP contribution in [0.1, 0.15) is 23.9 Å². The summed E-state index contributed by atoms with van der Waals surface area (Å²) in [5.41, 5.74) is 12.2. The van der Waals surface area contributed by atoms with E-state index in [0.717, 1.165) is 89.0 Å². The summed E-state index contributed by atoms with van der Waals surface area (Å²) in [5, 5.41) is 1.94. The minimum Gasteiger partial charge on any atom is -0.456 e. The first-order valence-corrected chi connectivity index (χ1v) is 20.1. The van der Waals surface area contributed by atoms with Crippen molar-refractivity contribution in [2.45, 2.75) is 12.3 Å². The van der Waals surface area contributed by atoms with Gasteiger partial charge in [0.1, 0.15) is 22.4 Å². The molecular weight excluding hydrogens is 735 g/mol. The minimum atomic E-state index is -0.725. The maximum absolute atomic E-state index is 6.55. The highest BCUT2D eigenvalue weighted by molar-refractivity contribution is 6.12. The third kappa shape index (κ3) is 5.42. The molecular formula is C54H37N5O. The number of furan rings is 1. The van der Waals surface area contributed by atoms with Gasteiger partial charge in [0.25, 0.3) is 0 Å². The van der Waals surface area contributed by atoms with E-state index in [1.807, 2.05) is 78.9 Å². The lowest BCUT2D eigenvalue weighted by atomic mass is 9.68. The van der Waals surface area contributed by atoms with E-state index in [0.29, 0.717) is 17.5 Å². The summed E-state index contributed by atoms with van der Waals surface area (Å²) in [6.45, 7) is 6.22. The molecule has 11 rings (SSSR count). The second-order valence-corrected chi connectivity index (χ2v) is 15.0. The van der Waals surface area contributed by atoms with E-state index in [9.17, 15) is 0 Å². The minimum absolute atomic E-state index is 0.582. The summed E-state index contributed by atoms with van der Waals surface area (Å²) in [5.74, 6) is 2.76. The van der Waals surface area contributed by atoms with E-state index in [-0.39, 0.29) is 0 Å². The molecule has 7 aromatic carbocycles. The van der Waals surface area contributed by atoms with E-state index in [2.05, 4.69) is 133 Å². The summed E-state index contributed by atoms with van der Waals surface area (Å²) in [6.07, 6.45) is 8.29. The van der Waals surface area contributed by atoms with Crippen molar-refractivity contribution in [3.05, 3.63) is 223 Å². The third-order valence-corrected chi connectivity index (χ3v) is 11.6. The Labute approximate surface area is 347 Å². The normalized spacial score (nSPS) is 14.9. The van der Waals surface area contributed by atoms with Crippen molar-refractivity contribution >= 4 is 33.0 Å². The smallest absolute Gasteiger partial charge is 0.164 e. The number of aromatic nitrogens is 5. The van der Waals surface area contributed by atoms with Gasteiger partial charge in [-0.3, -0.25) is 4.57 Å². The van der Waals surface area contributed by atoms with Crippen LogP contribution in [0.2, 0.25) is 0 Å². The number of rotatable bonds is 8. The number of benzene rings is 7. The molecule has 0 bridgehead atoms. The van der Waals surface area contributed by atoms with Gasteiger partial charge in [0.05, 0.1) is 16.7 Å². The summed E-state index contributed by atoms with van der Waals surface area (Å²) in [7, 11) is 0. The fourth-order valence-corrected chi connectivity index (χ4v) is 9.01. The monoisotopic (exact) mass is 771 g/mol. The second-order valence-electron chi connectivity index (χ2n) is 15.0. The molecule has 6 heteroatoms. The van der Waals surface area contributed by atoms with E-state index < -0.39 is 5.41 Å². The SMILES string of the molecule is C=C/C=C(\C=C/C)C1(c2ccccc2)c2cc(-c3ccc4oc5cccc(-c6nc(-c7ccccc7)nc(-c7ccccc7)n6)c5c4c3)ccc2-n2c1nc1ccccc12. The highest BCUT2D eigenvalue weighted by atomic mass is 16.3. The maximum atomic E-state index is 6.55. The van der Waals surface area contributed by atoms with Crippen LogP contribution in [0, 0.1) is 0 Å². The fourth-order valence-electron chi connectivity index (χ4n) is 9.01. The standard InChI is InChI=1S/C54H37N5O/c1-3-17-39(18-4-2)54(40-23-12-7-13-24-40)43-34-38(29-31-45(43)59-46-27-15-14-26-44(46)55-53(54)59)37-30-32-47-42(33-37)49-41(25-16-28-48(49)60-47)52-57-50(35-19-8-5-9-20-35)56-51(58-52)36-21-10-6-11-22-36/h3-34H,1H2,2H3/b18-4-,39-17+. The molecule has 0 saturated carbocycles. The first kappa shape index (κ1) is 35.2. The maximum Gasteiger partial charge on any atom is 0.164 e. The first-order chi connectivity index (χ1) is 29.6. The number of hydrogen-bond acceptors (Lipinski definition) is 5. The van der Waals surface area contributed by atoms with E-state index >= 15 is 0 Å². The zero-order valence-electron chi connectivity index (χ0n) is 32.8. The Balaban J connectivity index is 1.14. The Morgan fingerprint density at radius 3 is 1.97 bits per heavy atom. The van der Waals surface area contributed by atoms with Crippen LogP contribution in [0.4, 0.5) is 0 Å². The molecule has 0 N–H and O–H groups in total. The third-order valence-electron chi connectivity index (χ3n) is 11.6. The lowest BCUT2D eigenvalue weighted by Gasteiger charge is -2.32. The molecule has 0 saturated heterocycles. The van der Waals surface area contributed by atoms with Gasteiger partial charge in [-0.2, -0.15) is 0 Å². The fraction of sp³-hybridized carbons (Fsp3) is 0.0370. The molecule has 0 amide bonds. The lowest BCUT2D eigenvalue weighted by Crippen LogP contribution is -2.30. The number of nitrogens with zero attached hydrogens (tertiary/aromatic N) is 5. The van der Waals surface area contributed by atoms with Crippen LogP contribution in [0.5, 0.6) is 0 Å². The summed E-state index contributed by atoms with van der Waals surface area (Å²) >= 11 is 0. The Kier molecular flexibility index (Phi) is 8.31. The van der Waals surface area contributed by atoms with Crippen LogP contribution in [0.25, 0.3) is 83.9 Å². The highest BCUT2D eigenvalue weighted by Crippen LogP contribution is 2.54. The van der Waals surface area contributed by atoms with Crippen LogP contribution in [0.3, 0.4) is 0 Å². The van der Waals surface area contributed by atoms with E-state index in [4.69, 9.17) is 24.4 Å². The van der Waals surface area contributed by atoms with Crippen molar-refractivity contribution in [2.24, 2.45) is 0 Å². The van der Waals surface area contributed by atoms with Crippen LogP contribution >= 0.6 is 0 Å². The quantitative estimate of drug-likeness (QED) is 0.144. The number of para-hydroxylation sites is 2. The zero-order chi connectivity index (χ0) is 40.2. The van der Waals surface area contributed by atoms with Gasteiger partial charge in [-0.05, 0) is 77.2 Å². The van der Waals surface area contributed by atoms with Crippen molar-refractivity contribution < 1.29 is 4.42 Å². The molecule has 1 unspecified atom stereocenters. The molecule has 0 fully saturated rings. The van der Waals surface area contributed by atoms with Crippen molar-refractivity contribution in [3.63, 3.8) is 0 Å². The number of fused-ring (bicyclic) bond motifs is 8. The van der Waals surface area contributed by atoms with Gasteiger partial charge in [0, 0.05) is 27.5 Å². The Morgan fingerprint density at radius 2 is 1.25 bits per heavy atom. The van der Waals surface area contributed by atoms with Crippen molar-refractivity contribution in [1.29, 1.82) is 0 Å². The first-order valence-electron chi connectivity index (χ1n) is 20.1. The lowest BCUT2D eigenvalue weighted by molar-refractivity contribution is 0.669. The number of allylic oxidation sites excluding steroid dienone is 5. The summed E-state index contributed by atoms with van der Waals surface area (Å²) < 4.78 is 8.89. The summed E-state index contributed by atoms with van der Waals surface area (Å²) in [4.78, 5) is 20.5. The number of hydrogen-bond donors (Lipinski definition) is 0. The van der Waals surface area contributed by atoms with Gasteiger partial charge in [-0.25, -0.2) is 19.9 Å². The molecule has 0 spiro atoms. The van der Waals surface area contributed by atoms with Gasteiger partial charge < -0.3 is 4.42 Å². The molecule has 1 aliphatic heterocycles. The van der Waals surface area contributed by atoms with Gasteiger partial charge >= 0.3 is 0 Å². The molecule has 4 heterocycles. The van der Waals surface area contributed by atoms with Crippen molar-refractivity contribution in [2.75, 3.05) is 0 Å². The van der Waals surface area contributed by atoms with Crippen LogP contribution in [-0.4, -0.2) is 24.5 Å². The molecule has 284 valence electrons. The van der Waals surface area contributed by atoms with Gasteiger partial charge in [-0.1, -0.05) is 158 Å². The number of imidazole rings is 1. The molecule has 0 radical (unpaired) electrons. The Hall–Kier alpha value is -7.96. The van der Waals surface area contributed by atoms with Gasteiger partial charge in [-0.15, -0.1) is 0 Å². The average molecular weight is 772 g/mol. The van der Waals surface area contributed by atoms with E-state index in [1.165, 1.54) is 0 Å². The van der Waals surface area contributed by atoms with Gasteiger partial charge in [0.2, 0.25) is 0 Å². The van der Waals surface area contributed by atoms with Crippen molar-refractivity contribution in [3.8, 4) is 51.0 Å². The van der Waals surface area contributed by atoms with Crippen LogP contribution < -0.4 is 0 Å². The topological polar surface area (TPSA) is 69.6 Å². The zero-order valence-corrected chi connectivity index (χ0v) is 32.8. The molecule has 1 atom stereocenters. The molecule has 3 aromatic heterocycles. The largest absolute Gasteiger partial charge is 0.456 e. The average Bonchev–Trinajstić information content (AvgIpc) is 3.97. The molecule has 10 aromatic rings. The van der Waals surface area contributed by atoms with E-state index in [1.54, 1.807) is 0 Å². The van der Waals surface area contributed by atoms with Crippen LogP contribution in [-0.2, 0) is 5.41 Å². The highest BCUT2D eigenvalue weighted by Gasteiger charge is 2.49. The Bertz CT molecular complexity index is 3290. The van der Waals surface area contributed by atoms with Crippen LogP contribution in [0.15, 0.2) is 211 Å². The Morgan fingerprint density at radius 1 is 0.600 bits per heavy atom. The molecule has 0 aliphatic carbocycles. The molecule has 6 nitrogen and oxygen atoms in total. The predicted octanol–water partition coefficient (Wildman–Crippen LogP) is 13.1. The predicted molar refractivity (Wildman–Crippen MR) is 243 cm³/mol. The molecule has 60 heavy (non-hydrogen) atoms. The van der Waals surface area contributed by atoms with Crippen molar-refractivity contribution in [1.82, 2.24) is 24.5 Å². The molecule has 1 aliphatic rings.